The summed E-state index contributed by atoms with van der Waals surface area (Å²) in [5.74, 6) is 0.737. The van der Waals surface area contributed by atoms with E-state index in [9.17, 15) is 4.79 Å². The van der Waals surface area contributed by atoms with Gasteiger partial charge in [-0.1, -0.05) is 6.07 Å². The molecule has 0 aromatic carbocycles. The van der Waals surface area contributed by atoms with Crippen molar-refractivity contribution in [3.8, 4) is 5.75 Å². The highest BCUT2D eigenvalue weighted by molar-refractivity contribution is 6.02. The summed E-state index contributed by atoms with van der Waals surface area (Å²) >= 11 is 0. The molecule has 2 aromatic heterocycles. The Balaban J connectivity index is 2.10. The van der Waals surface area contributed by atoms with Crippen molar-refractivity contribution in [2.75, 3.05) is 19.0 Å². The van der Waals surface area contributed by atoms with E-state index in [1.807, 2.05) is 13.8 Å². The fourth-order valence-electron chi connectivity index (χ4n) is 1.74. The molecule has 2 rings (SSSR count). The highest BCUT2D eigenvalue weighted by atomic mass is 16.5. The topological polar surface area (TPSA) is 73.3 Å². The van der Waals surface area contributed by atoms with Gasteiger partial charge in [0, 0.05) is 31.1 Å². The average Bonchev–Trinajstić information content (AvgIpc) is 2.53. The first-order valence-corrected chi connectivity index (χ1v) is 6.95. The normalized spacial score (nSPS) is 11.8. The Morgan fingerprint density at radius 2 is 2.18 bits per heavy atom. The third kappa shape index (κ3) is 4.53. The maximum absolute atomic E-state index is 12.2. The molecule has 0 spiro atoms. The summed E-state index contributed by atoms with van der Waals surface area (Å²) in [6.07, 6.45) is 1.58. The summed E-state index contributed by atoms with van der Waals surface area (Å²) in [4.78, 5) is 20.5. The van der Waals surface area contributed by atoms with Crippen molar-refractivity contribution < 1.29 is 14.3 Å². The fraction of sp³-hybridized carbons (Fsp3) is 0.312. The smallest absolute Gasteiger partial charge is 0.275 e. The van der Waals surface area contributed by atoms with Crippen LogP contribution in [0.1, 0.15) is 23.1 Å². The van der Waals surface area contributed by atoms with Crippen LogP contribution < -0.4 is 10.1 Å². The lowest BCUT2D eigenvalue weighted by Gasteiger charge is -2.12. The molecule has 0 bridgehead atoms. The van der Waals surface area contributed by atoms with Crippen LogP contribution in [0.15, 0.2) is 36.5 Å². The van der Waals surface area contributed by atoms with Gasteiger partial charge in [-0.05, 0) is 26.0 Å². The zero-order valence-electron chi connectivity index (χ0n) is 12.9. The van der Waals surface area contributed by atoms with Gasteiger partial charge in [-0.3, -0.25) is 4.79 Å². The number of amides is 1. The molecule has 0 aliphatic rings. The Labute approximate surface area is 129 Å². The largest absolute Gasteiger partial charge is 0.491 e. The van der Waals surface area contributed by atoms with Crippen molar-refractivity contribution in [1.29, 1.82) is 0 Å². The number of rotatable bonds is 6. The second-order valence-corrected chi connectivity index (χ2v) is 4.86. The molecule has 2 aromatic rings. The molecule has 22 heavy (non-hydrogen) atoms. The van der Waals surface area contributed by atoms with Crippen LogP contribution in [0.2, 0.25) is 0 Å². The first-order chi connectivity index (χ1) is 10.6. The van der Waals surface area contributed by atoms with Crippen LogP contribution in [0, 0.1) is 6.92 Å². The summed E-state index contributed by atoms with van der Waals surface area (Å²) < 4.78 is 10.8. The second kappa shape index (κ2) is 7.51. The van der Waals surface area contributed by atoms with E-state index in [2.05, 4.69) is 15.3 Å². The van der Waals surface area contributed by atoms with Crippen molar-refractivity contribution >= 4 is 11.7 Å². The number of nitrogens with one attached hydrogen (secondary N) is 1. The molecule has 0 aliphatic carbocycles. The van der Waals surface area contributed by atoms with Gasteiger partial charge in [0.15, 0.2) is 0 Å². The van der Waals surface area contributed by atoms with E-state index in [4.69, 9.17) is 9.47 Å². The van der Waals surface area contributed by atoms with Gasteiger partial charge < -0.3 is 14.8 Å². The second-order valence-electron chi connectivity index (χ2n) is 4.86. The van der Waals surface area contributed by atoms with E-state index < -0.39 is 0 Å². The maximum Gasteiger partial charge on any atom is 0.275 e. The number of pyridine rings is 2. The summed E-state index contributed by atoms with van der Waals surface area (Å²) in [6, 6.07) is 8.68. The minimum absolute atomic E-state index is 0.0285. The van der Waals surface area contributed by atoms with Crippen LogP contribution in [-0.4, -0.2) is 35.7 Å². The van der Waals surface area contributed by atoms with Crippen LogP contribution in [0.3, 0.4) is 0 Å². The number of hydrogen-bond donors (Lipinski definition) is 1. The van der Waals surface area contributed by atoms with Crippen LogP contribution in [-0.2, 0) is 4.74 Å². The number of methoxy groups -OCH3 is 1. The van der Waals surface area contributed by atoms with Gasteiger partial charge >= 0.3 is 0 Å². The lowest BCUT2D eigenvalue weighted by Crippen LogP contribution is -2.18. The number of aromatic nitrogens is 2. The van der Waals surface area contributed by atoms with Gasteiger partial charge in [-0.15, -0.1) is 0 Å². The van der Waals surface area contributed by atoms with Gasteiger partial charge in [0.25, 0.3) is 5.91 Å². The van der Waals surface area contributed by atoms with Gasteiger partial charge in [-0.2, -0.15) is 0 Å². The first kappa shape index (κ1) is 15.9. The standard InChI is InChI=1S/C16H19N3O3/c1-11-8-13(22-10-12(2)21-3)9-14(18-11)16(20)19-15-6-4-5-7-17-15/h4-9,12H,10H2,1-3H3,(H,17,19,20)/t12-/m1/s1. The number of nitrogens with zero attached hydrogens (tertiary/aromatic N) is 2. The zero-order valence-corrected chi connectivity index (χ0v) is 12.9. The molecule has 6 heteroatoms. The van der Waals surface area contributed by atoms with E-state index in [1.54, 1.807) is 43.6 Å². The Morgan fingerprint density at radius 1 is 1.36 bits per heavy atom. The highest BCUT2D eigenvalue weighted by Gasteiger charge is 2.11. The summed E-state index contributed by atoms with van der Waals surface area (Å²) in [7, 11) is 1.62. The fourth-order valence-corrected chi connectivity index (χ4v) is 1.74. The van der Waals surface area contributed by atoms with Crippen LogP contribution >= 0.6 is 0 Å². The number of hydrogen-bond acceptors (Lipinski definition) is 5. The molecule has 116 valence electrons. The van der Waals surface area contributed by atoms with E-state index in [1.165, 1.54) is 0 Å². The quantitative estimate of drug-likeness (QED) is 0.887. The molecule has 0 saturated heterocycles. The van der Waals surface area contributed by atoms with Crippen molar-refractivity contribution in [2.45, 2.75) is 20.0 Å². The number of anilines is 1. The van der Waals surface area contributed by atoms with Gasteiger partial charge in [0.05, 0.1) is 6.10 Å². The van der Waals surface area contributed by atoms with Crippen LogP contribution in [0.5, 0.6) is 5.75 Å². The van der Waals surface area contributed by atoms with E-state index >= 15 is 0 Å². The van der Waals surface area contributed by atoms with Gasteiger partial charge in [0.1, 0.15) is 23.9 Å². The van der Waals surface area contributed by atoms with Crippen LogP contribution in [0.4, 0.5) is 5.82 Å². The van der Waals surface area contributed by atoms with Crippen molar-refractivity contribution in [3.05, 3.63) is 47.9 Å². The van der Waals surface area contributed by atoms with Crippen molar-refractivity contribution in [3.63, 3.8) is 0 Å². The third-order valence-electron chi connectivity index (χ3n) is 2.95. The minimum atomic E-state index is -0.327. The Morgan fingerprint density at radius 3 is 2.86 bits per heavy atom. The molecular weight excluding hydrogens is 282 g/mol. The number of ether oxygens (including phenoxy) is 2. The minimum Gasteiger partial charge on any atom is -0.491 e. The predicted molar refractivity (Wildman–Crippen MR) is 83.1 cm³/mol. The summed E-state index contributed by atoms with van der Waals surface area (Å²) in [5.41, 5.74) is 0.986. The molecule has 1 N–H and O–H groups in total. The maximum atomic E-state index is 12.2. The highest BCUT2D eigenvalue weighted by Crippen LogP contribution is 2.15. The SMILES string of the molecule is CO[C@H](C)COc1cc(C)nc(C(=O)Nc2ccccn2)c1. The van der Waals surface area contributed by atoms with E-state index in [-0.39, 0.29) is 17.7 Å². The molecule has 0 saturated carbocycles. The molecule has 0 radical (unpaired) electrons. The number of aryl methyl sites for hydroxylation is 1. The van der Waals surface area contributed by atoms with Crippen molar-refractivity contribution in [2.24, 2.45) is 0 Å². The first-order valence-electron chi connectivity index (χ1n) is 6.95. The molecule has 2 heterocycles. The Hall–Kier alpha value is -2.47. The van der Waals surface area contributed by atoms with Crippen LogP contribution in [0.25, 0.3) is 0 Å². The Bertz CT molecular complexity index is 632. The molecule has 1 amide bonds. The van der Waals surface area contributed by atoms with E-state index in [0.29, 0.717) is 23.9 Å². The third-order valence-corrected chi connectivity index (χ3v) is 2.95. The van der Waals surface area contributed by atoms with E-state index in [0.717, 1.165) is 0 Å². The number of carbonyl (C=O) groups is 1. The summed E-state index contributed by atoms with van der Waals surface area (Å²) in [5, 5.41) is 2.70. The van der Waals surface area contributed by atoms with Crippen molar-refractivity contribution in [1.82, 2.24) is 9.97 Å². The molecular formula is C16H19N3O3. The lowest BCUT2D eigenvalue weighted by atomic mass is 10.2. The number of carbonyl (C=O) groups excluding carboxylic acids is 1. The monoisotopic (exact) mass is 301 g/mol. The molecule has 0 unspecified atom stereocenters. The molecule has 0 aliphatic heterocycles. The lowest BCUT2D eigenvalue weighted by molar-refractivity contribution is 0.0715. The average molecular weight is 301 g/mol. The molecule has 1 atom stereocenters. The predicted octanol–water partition coefficient (Wildman–Crippen LogP) is 2.45. The Kier molecular flexibility index (Phi) is 5.43. The zero-order chi connectivity index (χ0) is 15.9. The van der Waals surface area contributed by atoms with Gasteiger partial charge in [0.2, 0.25) is 0 Å². The molecule has 6 nitrogen and oxygen atoms in total. The van der Waals surface area contributed by atoms with Gasteiger partial charge in [-0.25, -0.2) is 9.97 Å². The molecule has 0 fully saturated rings. The summed E-state index contributed by atoms with van der Waals surface area (Å²) in [6.45, 7) is 4.12.